The van der Waals surface area contributed by atoms with E-state index < -0.39 is 12.0 Å². The molecule has 1 amide bonds. The topological polar surface area (TPSA) is 78.4 Å². The van der Waals surface area contributed by atoms with Crippen LogP contribution in [0.1, 0.15) is 6.42 Å². The smallest absolute Gasteiger partial charge is 0.326 e. The van der Waals surface area contributed by atoms with Crippen LogP contribution in [0.25, 0.3) is 0 Å². The molecule has 0 aliphatic heterocycles. The lowest BCUT2D eigenvalue weighted by Crippen LogP contribution is -2.43. The average Bonchev–Trinajstić information content (AvgIpc) is 2.42. The summed E-state index contributed by atoms with van der Waals surface area (Å²) < 4.78 is 0. The molecule has 0 aliphatic rings. The lowest BCUT2D eigenvalue weighted by atomic mass is 10.2. The largest absolute Gasteiger partial charge is 0.480 e. The number of carboxylic acids is 1. The van der Waals surface area contributed by atoms with Crippen LogP contribution < -0.4 is 10.6 Å². The monoisotopic (exact) mass is 282 g/mol. The van der Waals surface area contributed by atoms with Gasteiger partial charge in [-0.25, -0.2) is 4.79 Å². The number of hydrogen-bond donors (Lipinski definition) is 3. The van der Waals surface area contributed by atoms with E-state index in [4.69, 9.17) is 5.11 Å². The van der Waals surface area contributed by atoms with Crippen LogP contribution in [0, 0.1) is 0 Å². The van der Waals surface area contributed by atoms with Gasteiger partial charge < -0.3 is 15.7 Å². The Morgan fingerprint density at radius 3 is 2.58 bits per heavy atom. The average molecular weight is 282 g/mol. The first-order chi connectivity index (χ1) is 9.13. The Bertz CT molecular complexity index is 412. The quantitative estimate of drug-likeness (QED) is 0.672. The van der Waals surface area contributed by atoms with Crippen LogP contribution >= 0.6 is 11.8 Å². The van der Waals surface area contributed by atoms with E-state index >= 15 is 0 Å². The van der Waals surface area contributed by atoms with Gasteiger partial charge in [0.05, 0.1) is 6.54 Å². The van der Waals surface area contributed by atoms with Crippen molar-refractivity contribution >= 4 is 29.3 Å². The van der Waals surface area contributed by atoms with Gasteiger partial charge in [0, 0.05) is 5.69 Å². The zero-order chi connectivity index (χ0) is 14.1. The van der Waals surface area contributed by atoms with Crippen molar-refractivity contribution in [2.75, 3.05) is 23.9 Å². The van der Waals surface area contributed by atoms with Crippen molar-refractivity contribution in [1.82, 2.24) is 5.32 Å². The first-order valence-electron chi connectivity index (χ1n) is 5.93. The fourth-order valence-corrected chi connectivity index (χ4v) is 1.95. The summed E-state index contributed by atoms with van der Waals surface area (Å²) in [6.45, 7) is 0.0626. The van der Waals surface area contributed by atoms with Crippen LogP contribution in [-0.4, -0.2) is 41.6 Å². The summed E-state index contributed by atoms with van der Waals surface area (Å²) in [5.74, 6) is -0.622. The molecule has 0 heterocycles. The molecule has 5 nitrogen and oxygen atoms in total. The Kier molecular flexibility index (Phi) is 6.81. The van der Waals surface area contributed by atoms with Gasteiger partial charge in [-0.1, -0.05) is 18.2 Å². The van der Waals surface area contributed by atoms with Gasteiger partial charge in [0.2, 0.25) is 5.91 Å². The van der Waals surface area contributed by atoms with Crippen LogP contribution in [0.4, 0.5) is 5.69 Å². The van der Waals surface area contributed by atoms with Crippen LogP contribution in [-0.2, 0) is 9.59 Å². The minimum Gasteiger partial charge on any atom is -0.480 e. The predicted octanol–water partition coefficient (Wildman–Crippen LogP) is 1.42. The highest BCUT2D eigenvalue weighted by Gasteiger charge is 2.18. The van der Waals surface area contributed by atoms with Gasteiger partial charge >= 0.3 is 5.97 Å². The van der Waals surface area contributed by atoms with E-state index in [2.05, 4.69) is 10.6 Å². The second-order valence-electron chi connectivity index (χ2n) is 3.96. The van der Waals surface area contributed by atoms with Crippen molar-refractivity contribution < 1.29 is 14.7 Å². The third-order valence-corrected chi connectivity index (χ3v) is 3.11. The maximum atomic E-state index is 11.7. The van der Waals surface area contributed by atoms with Gasteiger partial charge in [-0.15, -0.1) is 0 Å². The maximum absolute atomic E-state index is 11.7. The van der Waals surface area contributed by atoms with E-state index in [0.29, 0.717) is 12.2 Å². The third kappa shape index (κ3) is 6.15. The summed E-state index contributed by atoms with van der Waals surface area (Å²) in [7, 11) is 0. The normalized spacial score (nSPS) is 11.6. The number of rotatable bonds is 8. The molecule has 1 aromatic carbocycles. The number of nitrogens with one attached hydrogen (secondary N) is 2. The molecule has 104 valence electrons. The molecule has 3 N–H and O–H groups in total. The van der Waals surface area contributed by atoms with Crippen molar-refractivity contribution in [3.8, 4) is 0 Å². The van der Waals surface area contributed by atoms with Gasteiger partial charge in [0.15, 0.2) is 0 Å². The maximum Gasteiger partial charge on any atom is 0.326 e. The summed E-state index contributed by atoms with van der Waals surface area (Å²) in [4.78, 5) is 22.6. The van der Waals surface area contributed by atoms with E-state index in [0.717, 1.165) is 5.69 Å². The minimum atomic E-state index is -0.998. The van der Waals surface area contributed by atoms with E-state index in [9.17, 15) is 9.59 Å². The summed E-state index contributed by atoms with van der Waals surface area (Å²) >= 11 is 1.55. The summed E-state index contributed by atoms with van der Waals surface area (Å²) in [5, 5.41) is 14.4. The van der Waals surface area contributed by atoms with Crippen molar-refractivity contribution in [2.24, 2.45) is 0 Å². The number of para-hydroxylation sites is 1. The Morgan fingerprint density at radius 1 is 1.32 bits per heavy atom. The molecule has 19 heavy (non-hydrogen) atoms. The molecular weight excluding hydrogens is 264 g/mol. The molecular formula is C13H18N2O3S. The Balaban J connectivity index is 2.38. The Labute approximate surface area is 116 Å². The lowest BCUT2D eigenvalue weighted by molar-refractivity contribution is -0.141. The zero-order valence-corrected chi connectivity index (χ0v) is 11.6. The molecule has 0 bridgehead atoms. The minimum absolute atomic E-state index is 0.0626. The Hall–Kier alpha value is -1.69. The van der Waals surface area contributed by atoms with E-state index in [-0.39, 0.29) is 12.5 Å². The fourth-order valence-electron chi connectivity index (χ4n) is 1.48. The number of benzene rings is 1. The molecule has 0 aliphatic carbocycles. The van der Waals surface area contributed by atoms with Crippen LogP contribution in [0.2, 0.25) is 0 Å². The van der Waals surface area contributed by atoms with Crippen molar-refractivity contribution in [1.29, 1.82) is 0 Å². The molecule has 6 heteroatoms. The molecule has 0 aromatic heterocycles. The molecule has 0 unspecified atom stereocenters. The number of carboxylic acid groups (broad SMARTS) is 1. The predicted molar refractivity (Wildman–Crippen MR) is 77.5 cm³/mol. The summed E-state index contributed by atoms with van der Waals surface area (Å²) in [5.41, 5.74) is 0.827. The fraction of sp³-hybridized carbons (Fsp3) is 0.385. The second kappa shape index (κ2) is 8.42. The lowest BCUT2D eigenvalue weighted by Gasteiger charge is -2.14. The molecule has 0 radical (unpaired) electrons. The highest BCUT2D eigenvalue weighted by Crippen LogP contribution is 2.04. The van der Waals surface area contributed by atoms with E-state index in [1.807, 2.05) is 36.6 Å². The molecule has 0 saturated carbocycles. The van der Waals surface area contributed by atoms with Crippen LogP contribution in [0.3, 0.4) is 0 Å². The van der Waals surface area contributed by atoms with Gasteiger partial charge in [-0.2, -0.15) is 11.8 Å². The second-order valence-corrected chi connectivity index (χ2v) is 4.94. The first kappa shape index (κ1) is 15.4. The first-order valence-corrected chi connectivity index (χ1v) is 7.33. The van der Waals surface area contributed by atoms with Gasteiger partial charge in [0.1, 0.15) is 6.04 Å². The highest BCUT2D eigenvalue weighted by molar-refractivity contribution is 7.98. The third-order valence-electron chi connectivity index (χ3n) is 2.47. The number of thioether (sulfide) groups is 1. The molecule has 1 rings (SSSR count). The number of aliphatic carboxylic acids is 1. The van der Waals surface area contributed by atoms with Gasteiger partial charge in [-0.05, 0) is 30.6 Å². The van der Waals surface area contributed by atoms with Crippen LogP contribution in [0.5, 0.6) is 0 Å². The van der Waals surface area contributed by atoms with E-state index in [1.54, 1.807) is 11.8 Å². The molecule has 1 atom stereocenters. The van der Waals surface area contributed by atoms with Gasteiger partial charge in [-0.3, -0.25) is 4.79 Å². The molecule has 0 fully saturated rings. The Morgan fingerprint density at radius 2 is 2.00 bits per heavy atom. The van der Waals surface area contributed by atoms with Crippen LogP contribution in [0.15, 0.2) is 30.3 Å². The number of carbonyl (C=O) groups excluding carboxylic acids is 1. The van der Waals surface area contributed by atoms with Gasteiger partial charge in [0.25, 0.3) is 0 Å². The number of amides is 1. The highest BCUT2D eigenvalue weighted by atomic mass is 32.2. The summed E-state index contributed by atoms with van der Waals surface area (Å²) in [6, 6.07) is 8.47. The van der Waals surface area contributed by atoms with E-state index in [1.165, 1.54) is 0 Å². The SMILES string of the molecule is CSCC[C@H](NC(=O)CNc1ccccc1)C(=O)O. The number of carbonyl (C=O) groups is 2. The molecule has 0 saturated heterocycles. The standard InChI is InChI=1S/C13H18N2O3S/c1-19-8-7-11(13(17)18)15-12(16)9-14-10-5-3-2-4-6-10/h2-6,11,14H,7-9H2,1H3,(H,15,16)(H,17,18)/t11-/m0/s1. The number of anilines is 1. The summed E-state index contributed by atoms with van der Waals surface area (Å²) in [6.07, 6.45) is 2.32. The zero-order valence-electron chi connectivity index (χ0n) is 10.8. The van der Waals surface area contributed by atoms with Crippen molar-refractivity contribution in [3.05, 3.63) is 30.3 Å². The molecule has 0 spiro atoms. The van der Waals surface area contributed by atoms with Crippen molar-refractivity contribution in [2.45, 2.75) is 12.5 Å². The number of hydrogen-bond acceptors (Lipinski definition) is 4. The van der Waals surface area contributed by atoms with Crippen molar-refractivity contribution in [3.63, 3.8) is 0 Å². The molecule has 1 aromatic rings.